The zero-order valence-electron chi connectivity index (χ0n) is 22.7. The van der Waals surface area contributed by atoms with Crippen LogP contribution in [0.2, 0.25) is 0 Å². The Morgan fingerprint density at radius 1 is 0.361 bits per heavy atom. The molecule has 0 saturated heterocycles. The van der Waals surface area contributed by atoms with E-state index in [2.05, 4.69) is 139 Å². The highest BCUT2D eigenvalue weighted by atomic mass is 14.2. The van der Waals surface area contributed by atoms with Crippen molar-refractivity contribution in [2.75, 3.05) is 0 Å². The van der Waals surface area contributed by atoms with Crippen molar-refractivity contribution in [3.05, 3.63) is 119 Å². The molecular formula is C36H36. The summed E-state index contributed by atoms with van der Waals surface area (Å²) in [5.41, 5.74) is 7.16. The summed E-state index contributed by atoms with van der Waals surface area (Å²) in [6.07, 6.45) is 0. The van der Waals surface area contributed by atoms with Gasteiger partial charge in [-0.3, -0.25) is 0 Å². The number of hydrogen-bond acceptors (Lipinski definition) is 0. The van der Waals surface area contributed by atoms with Crippen LogP contribution in [0.4, 0.5) is 0 Å². The molecule has 6 aromatic carbocycles. The summed E-state index contributed by atoms with van der Waals surface area (Å²) in [6.45, 7) is 15.7. The molecule has 36 heavy (non-hydrogen) atoms. The number of rotatable bonds is 0. The van der Waals surface area contributed by atoms with Crippen molar-refractivity contribution < 1.29 is 0 Å². The molecule has 0 aromatic heterocycles. The Morgan fingerprint density at radius 2 is 0.639 bits per heavy atom. The Kier molecular flexibility index (Phi) is 6.08. The van der Waals surface area contributed by atoms with Crippen LogP contribution in [-0.4, -0.2) is 0 Å². The molecule has 0 heteroatoms. The van der Waals surface area contributed by atoms with Gasteiger partial charge in [-0.15, -0.1) is 0 Å². The van der Waals surface area contributed by atoms with Gasteiger partial charge in [0.2, 0.25) is 0 Å². The molecule has 0 unspecified atom stereocenters. The predicted octanol–water partition coefficient (Wildman–Crippen LogP) is 10.5. The minimum Gasteiger partial charge on any atom is -0.0616 e. The van der Waals surface area contributed by atoms with Gasteiger partial charge in [-0.05, 0) is 104 Å². The van der Waals surface area contributed by atoms with Crippen LogP contribution in [0, 0.1) is 27.7 Å². The lowest BCUT2D eigenvalue weighted by atomic mass is 9.84. The highest BCUT2D eigenvalue weighted by Crippen LogP contribution is 2.35. The van der Waals surface area contributed by atoms with E-state index in [1.54, 1.807) is 0 Å². The van der Waals surface area contributed by atoms with Gasteiger partial charge in [0, 0.05) is 0 Å². The van der Waals surface area contributed by atoms with Crippen LogP contribution in [-0.2, 0) is 5.41 Å². The van der Waals surface area contributed by atoms with E-state index in [1.807, 2.05) is 0 Å². The van der Waals surface area contributed by atoms with Crippen LogP contribution >= 0.6 is 0 Å². The second kappa shape index (κ2) is 9.10. The molecule has 0 aliphatic heterocycles. The molecule has 0 spiro atoms. The van der Waals surface area contributed by atoms with E-state index in [0.29, 0.717) is 0 Å². The lowest BCUT2D eigenvalue weighted by Gasteiger charge is -2.21. The predicted molar refractivity (Wildman–Crippen MR) is 161 cm³/mol. The molecule has 0 radical (unpaired) electrons. The van der Waals surface area contributed by atoms with Crippen molar-refractivity contribution in [3.63, 3.8) is 0 Å². The third-order valence-corrected chi connectivity index (χ3v) is 7.90. The van der Waals surface area contributed by atoms with Gasteiger partial charge in [0.05, 0.1) is 0 Å². The molecule has 0 fully saturated rings. The quantitative estimate of drug-likeness (QED) is 0.194. The Labute approximate surface area is 215 Å². The molecule has 0 bridgehead atoms. The van der Waals surface area contributed by atoms with Crippen LogP contribution in [0.25, 0.3) is 43.1 Å². The summed E-state index contributed by atoms with van der Waals surface area (Å²) in [7, 11) is 0. The first-order valence-corrected chi connectivity index (χ1v) is 13.0. The standard InChI is InChI=1S/C20H22.C16H14/c1-13-16-8-6-7-9-17(16)14(2)19-12-15(20(3,4)5)10-11-18(13)19;1-11-13-7-3-5-9-15(13)12(2)16-10-6-4-8-14(11)16/h6-12H,1-5H3;3-10H,1-2H3. The van der Waals surface area contributed by atoms with E-state index in [0.717, 1.165) is 0 Å². The van der Waals surface area contributed by atoms with Crippen molar-refractivity contribution in [3.8, 4) is 0 Å². The SMILES string of the molecule is Cc1c2ccccc2c(C)c2cc(C(C)(C)C)ccc12.Cc1c2ccccc2c(C)c2ccccc12. The molecule has 0 amide bonds. The van der Waals surface area contributed by atoms with E-state index >= 15 is 0 Å². The average molecular weight is 469 g/mol. The van der Waals surface area contributed by atoms with Crippen molar-refractivity contribution >= 4 is 43.1 Å². The largest absolute Gasteiger partial charge is 0.0616 e. The lowest BCUT2D eigenvalue weighted by Crippen LogP contribution is -2.10. The second-order valence-corrected chi connectivity index (χ2v) is 11.1. The molecule has 180 valence electrons. The van der Waals surface area contributed by atoms with Crippen molar-refractivity contribution in [1.29, 1.82) is 0 Å². The summed E-state index contributed by atoms with van der Waals surface area (Å²) in [6, 6.07) is 33.0. The first-order chi connectivity index (χ1) is 17.2. The average Bonchev–Trinajstić information content (AvgIpc) is 2.90. The summed E-state index contributed by atoms with van der Waals surface area (Å²) >= 11 is 0. The van der Waals surface area contributed by atoms with E-state index < -0.39 is 0 Å². The number of hydrogen-bond donors (Lipinski definition) is 0. The fourth-order valence-electron chi connectivity index (χ4n) is 5.64. The maximum Gasteiger partial charge on any atom is -0.0132 e. The molecule has 0 aliphatic carbocycles. The number of fused-ring (bicyclic) bond motifs is 4. The molecule has 0 aliphatic rings. The third kappa shape index (κ3) is 4.05. The molecular weight excluding hydrogens is 432 g/mol. The van der Waals surface area contributed by atoms with Crippen molar-refractivity contribution in [1.82, 2.24) is 0 Å². The van der Waals surface area contributed by atoms with Crippen LogP contribution in [0.1, 0.15) is 48.6 Å². The summed E-state index contributed by atoms with van der Waals surface area (Å²) in [5.74, 6) is 0. The number of aryl methyl sites for hydroxylation is 4. The van der Waals surface area contributed by atoms with Gasteiger partial charge < -0.3 is 0 Å². The van der Waals surface area contributed by atoms with Crippen LogP contribution in [0.15, 0.2) is 91.0 Å². The normalized spacial score (nSPS) is 11.8. The maximum atomic E-state index is 2.38. The van der Waals surface area contributed by atoms with Crippen molar-refractivity contribution in [2.24, 2.45) is 0 Å². The molecule has 0 heterocycles. The minimum atomic E-state index is 0.195. The van der Waals surface area contributed by atoms with Crippen LogP contribution in [0.5, 0.6) is 0 Å². The minimum absolute atomic E-state index is 0.195. The molecule has 0 nitrogen and oxygen atoms in total. The fraction of sp³-hybridized carbons (Fsp3) is 0.222. The van der Waals surface area contributed by atoms with Gasteiger partial charge in [0.15, 0.2) is 0 Å². The monoisotopic (exact) mass is 468 g/mol. The Balaban J connectivity index is 0.000000152. The van der Waals surface area contributed by atoms with E-state index in [4.69, 9.17) is 0 Å². The summed E-state index contributed by atoms with van der Waals surface area (Å²) < 4.78 is 0. The maximum absolute atomic E-state index is 2.38. The van der Waals surface area contributed by atoms with Crippen LogP contribution in [0.3, 0.4) is 0 Å². The van der Waals surface area contributed by atoms with Gasteiger partial charge in [-0.1, -0.05) is 112 Å². The smallest absolute Gasteiger partial charge is 0.0132 e. The topological polar surface area (TPSA) is 0 Å². The van der Waals surface area contributed by atoms with Gasteiger partial charge in [0.1, 0.15) is 0 Å². The fourth-order valence-corrected chi connectivity index (χ4v) is 5.64. The Morgan fingerprint density at radius 3 is 0.944 bits per heavy atom. The van der Waals surface area contributed by atoms with E-state index in [-0.39, 0.29) is 5.41 Å². The molecule has 0 atom stereocenters. The van der Waals surface area contributed by atoms with Crippen LogP contribution < -0.4 is 0 Å². The first-order valence-electron chi connectivity index (χ1n) is 13.0. The molecule has 0 N–H and O–H groups in total. The Bertz CT molecular complexity index is 1630. The zero-order valence-corrected chi connectivity index (χ0v) is 22.7. The van der Waals surface area contributed by atoms with E-state index in [9.17, 15) is 0 Å². The third-order valence-electron chi connectivity index (χ3n) is 7.90. The summed E-state index contributed by atoms with van der Waals surface area (Å²) in [4.78, 5) is 0. The second-order valence-electron chi connectivity index (χ2n) is 11.1. The molecule has 0 saturated carbocycles. The highest BCUT2D eigenvalue weighted by molar-refractivity contribution is 6.06. The van der Waals surface area contributed by atoms with Gasteiger partial charge in [-0.25, -0.2) is 0 Å². The van der Waals surface area contributed by atoms with Gasteiger partial charge in [0.25, 0.3) is 0 Å². The molecule has 6 aromatic rings. The van der Waals surface area contributed by atoms with Crippen molar-refractivity contribution in [2.45, 2.75) is 53.9 Å². The molecule has 6 rings (SSSR count). The van der Waals surface area contributed by atoms with Gasteiger partial charge >= 0.3 is 0 Å². The lowest BCUT2D eigenvalue weighted by molar-refractivity contribution is 0.591. The number of benzene rings is 6. The zero-order chi connectivity index (χ0) is 25.6. The van der Waals surface area contributed by atoms with E-state index in [1.165, 1.54) is 70.9 Å². The Hall–Kier alpha value is -3.64. The summed E-state index contributed by atoms with van der Waals surface area (Å²) in [5, 5.41) is 11.0. The van der Waals surface area contributed by atoms with Gasteiger partial charge in [-0.2, -0.15) is 0 Å². The first kappa shape index (κ1) is 24.1. The highest BCUT2D eigenvalue weighted by Gasteiger charge is 2.16.